The second-order valence-corrected chi connectivity index (χ2v) is 2.96. The molecule has 11 heavy (non-hydrogen) atoms. The van der Waals surface area contributed by atoms with Gasteiger partial charge in [0, 0.05) is 17.8 Å². The van der Waals surface area contributed by atoms with Crippen molar-refractivity contribution in [3.05, 3.63) is 0 Å². The molecule has 0 spiro atoms. The molecule has 0 aliphatic rings. The van der Waals surface area contributed by atoms with Gasteiger partial charge >= 0.3 is 0 Å². The van der Waals surface area contributed by atoms with Crippen molar-refractivity contribution in [3.63, 3.8) is 0 Å². The summed E-state index contributed by atoms with van der Waals surface area (Å²) >= 11 is 5.45. The first kappa shape index (κ1) is 10.7. The highest BCUT2D eigenvalue weighted by molar-refractivity contribution is 6.19. The van der Waals surface area contributed by atoms with Gasteiger partial charge in [-0.15, -0.1) is 11.6 Å². The second-order valence-electron chi connectivity index (χ2n) is 2.65. The van der Waals surface area contributed by atoms with E-state index in [-0.39, 0.29) is 24.5 Å². The zero-order valence-electron chi connectivity index (χ0n) is 6.80. The van der Waals surface area contributed by atoms with Crippen LogP contribution in [0, 0.1) is 5.92 Å². The van der Waals surface area contributed by atoms with Gasteiger partial charge < -0.3 is 10.4 Å². The van der Waals surface area contributed by atoms with E-state index in [1.54, 1.807) is 13.8 Å². The van der Waals surface area contributed by atoms with Crippen molar-refractivity contribution in [2.24, 2.45) is 5.92 Å². The molecule has 0 aromatic carbocycles. The highest BCUT2D eigenvalue weighted by Gasteiger charge is 2.12. The van der Waals surface area contributed by atoms with Gasteiger partial charge in [-0.1, -0.05) is 6.92 Å². The number of hydrogen-bond donors (Lipinski definition) is 2. The van der Waals surface area contributed by atoms with E-state index in [0.29, 0.717) is 5.88 Å². The number of alkyl halides is 1. The maximum absolute atomic E-state index is 11.0. The Hall–Kier alpha value is -0.280. The molecule has 0 aliphatic heterocycles. The lowest BCUT2D eigenvalue weighted by Crippen LogP contribution is -2.38. The molecule has 0 aromatic rings. The maximum atomic E-state index is 11.0. The molecule has 0 saturated heterocycles. The normalized spacial score (nSPS) is 15.6. The van der Waals surface area contributed by atoms with Crippen LogP contribution >= 0.6 is 11.6 Å². The van der Waals surface area contributed by atoms with Crippen LogP contribution in [0.4, 0.5) is 0 Å². The van der Waals surface area contributed by atoms with Gasteiger partial charge in [0.15, 0.2) is 0 Å². The van der Waals surface area contributed by atoms with Gasteiger partial charge in [-0.2, -0.15) is 0 Å². The van der Waals surface area contributed by atoms with E-state index in [0.717, 1.165) is 0 Å². The molecule has 2 N–H and O–H groups in total. The highest BCUT2D eigenvalue weighted by Crippen LogP contribution is 1.97. The van der Waals surface area contributed by atoms with Crippen LogP contribution in [0.5, 0.6) is 0 Å². The van der Waals surface area contributed by atoms with Gasteiger partial charge in [0.1, 0.15) is 0 Å². The zero-order chi connectivity index (χ0) is 8.85. The molecule has 0 saturated carbocycles. The molecule has 1 unspecified atom stereocenters. The van der Waals surface area contributed by atoms with Gasteiger partial charge in [0.2, 0.25) is 5.91 Å². The number of halogens is 1. The van der Waals surface area contributed by atoms with E-state index in [1.165, 1.54) is 0 Å². The van der Waals surface area contributed by atoms with Gasteiger partial charge in [-0.3, -0.25) is 4.79 Å². The molecule has 0 radical (unpaired) electrons. The Kier molecular flexibility index (Phi) is 5.24. The van der Waals surface area contributed by atoms with Crippen LogP contribution in [0.3, 0.4) is 0 Å². The van der Waals surface area contributed by atoms with Crippen LogP contribution in [0.25, 0.3) is 0 Å². The average molecular weight is 180 g/mol. The van der Waals surface area contributed by atoms with E-state index in [9.17, 15) is 4.79 Å². The fourth-order valence-electron chi connectivity index (χ4n) is 0.501. The SMILES string of the molecule is CC(CCl)C(=O)N[C@@H](C)CO. The van der Waals surface area contributed by atoms with Gasteiger partial charge in [0.05, 0.1) is 6.61 Å². The Morgan fingerprint density at radius 1 is 1.64 bits per heavy atom. The second kappa shape index (κ2) is 5.38. The van der Waals surface area contributed by atoms with Crippen molar-refractivity contribution in [1.29, 1.82) is 0 Å². The summed E-state index contributed by atoms with van der Waals surface area (Å²) in [5, 5.41) is 11.2. The molecule has 2 atom stereocenters. The Bertz CT molecular complexity index is 130. The largest absolute Gasteiger partial charge is 0.394 e. The van der Waals surface area contributed by atoms with Crippen LogP contribution in [-0.4, -0.2) is 29.5 Å². The molecule has 66 valence electrons. The van der Waals surface area contributed by atoms with Crippen molar-refractivity contribution in [1.82, 2.24) is 5.32 Å². The fourth-order valence-corrected chi connectivity index (χ4v) is 0.641. The van der Waals surface area contributed by atoms with Gasteiger partial charge in [0.25, 0.3) is 0 Å². The Morgan fingerprint density at radius 2 is 2.18 bits per heavy atom. The summed E-state index contributed by atoms with van der Waals surface area (Å²) in [7, 11) is 0. The van der Waals surface area contributed by atoms with E-state index < -0.39 is 0 Å². The monoisotopic (exact) mass is 179 g/mol. The standard InChI is InChI=1S/C7H14ClNO2/c1-5(3-8)7(11)9-6(2)4-10/h5-6,10H,3-4H2,1-2H3,(H,9,11)/t5?,6-/m0/s1. The van der Waals surface area contributed by atoms with Crippen LogP contribution in [-0.2, 0) is 4.79 Å². The summed E-state index contributed by atoms with van der Waals surface area (Å²) in [4.78, 5) is 11.0. The molecule has 0 aromatic heterocycles. The minimum absolute atomic E-state index is 0.0409. The van der Waals surface area contributed by atoms with Crippen molar-refractivity contribution in [2.45, 2.75) is 19.9 Å². The van der Waals surface area contributed by atoms with E-state index >= 15 is 0 Å². The lowest BCUT2D eigenvalue weighted by atomic mass is 10.2. The number of nitrogens with one attached hydrogen (secondary N) is 1. The minimum Gasteiger partial charge on any atom is -0.394 e. The third-order valence-electron chi connectivity index (χ3n) is 1.34. The molecule has 0 bridgehead atoms. The summed E-state index contributed by atoms with van der Waals surface area (Å²) in [6.45, 7) is 3.44. The van der Waals surface area contributed by atoms with E-state index in [2.05, 4.69) is 5.32 Å². The number of carbonyl (C=O) groups excluding carboxylic acids is 1. The summed E-state index contributed by atoms with van der Waals surface area (Å²) in [6, 6.07) is -0.187. The van der Waals surface area contributed by atoms with Crippen molar-refractivity contribution in [3.8, 4) is 0 Å². The molecule has 0 aliphatic carbocycles. The molecule has 0 heterocycles. The lowest BCUT2D eigenvalue weighted by Gasteiger charge is -2.13. The predicted molar refractivity (Wildman–Crippen MR) is 44.6 cm³/mol. The summed E-state index contributed by atoms with van der Waals surface area (Å²) in [5.41, 5.74) is 0. The first-order chi connectivity index (χ1) is 5.11. The summed E-state index contributed by atoms with van der Waals surface area (Å²) in [5.74, 6) is 0.0106. The predicted octanol–water partition coefficient (Wildman–Crippen LogP) is 0.358. The Morgan fingerprint density at radius 3 is 2.55 bits per heavy atom. The van der Waals surface area contributed by atoms with Gasteiger partial charge in [-0.25, -0.2) is 0 Å². The zero-order valence-corrected chi connectivity index (χ0v) is 7.56. The maximum Gasteiger partial charge on any atom is 0.224 e. The number of aliphatic hydroxyl groups excluding tert-OH is 1. The molecule has 0 fully saturated rings. The molecule has 3 nitrogen and oxygen atoms in total. The van der Waals surface area contributed by atoms with Crippen molar-refractivity contribution >= 4 is 17.5 Å². The van der Waals surface area contributed by atoms with Crippen molar-refractivity contribution in [2.75, 3.05) is 12.5 Å². The number of aliphatic hydroxyl groups is 1. The summed E-state index contributed by atoms with van der Waals surface area (Å²) in [6.07, 6.45) is 0. The average Bonchev–Trinajstić information content (AvgIpc) is 2.02. The molecule has 0 rings (SSSR count). The fraction of sp³-hybridized carbons (Fsp3) is 0.857. The van der Waals surface area contributed by atoms with Crippen LogP contribution in [0.15, 0.2) is 0 Å². The minimum atomic E-state index is -0.189. The molecular weight excluding hydrogens is 166 g/mol. The third-order valence-corrected chi connectivity index (χ3v) is 1.80. The Balaban J connectivity index is 3.68. The molecule has 1 amide bonds. The van der Waals surface area contributed by atoms with Gasteiger partial charge in [-0.05, 0) is 6.92 Å². The first-order valence-electron chi connectivity index (χ1n) is 3.59. The topological polar surface area (TPSA) is 49.3 Å². The number of hydrogen-bond acceptors (Lipinski definition) is 2. The van der Waals surface area contributed by atoms with Crippen LogP contribution in [0.2, 0.25) is 0 Å². The third kappa shape index (κ3) is 4.22. The first-order valence-corrected chi connectivity index (χ1v) is 4.12. The molecule has 4 heteroatoms. The van der Waals surface area contributed by atoms with E-state index in [1.807, 2.05) is 0 Å². The summed E-state index contributed by atoms with van der Waals surface area (Å²) < 4.78 is 0. The smallest absolute Gasteiger partial charge is 0.224 e. The number of carbonyl (C=O) groups is 1. The highest BCUT2D eigenvalue weighted by atomic mass is 35.5. The quantitative estimate of drug-likeness (QED) is 0.613. The lowest BCUT2D eigenvalue weighted by molar-refractivity contribution is -0.124. The molecular formula is C7H14ClNO2. The Labute approximate surface area is 71.7 Å². The number of amides is 1. The number of rotatable bonds is 4. The van der Waals surface area contributed by atoms with E-state index in [4.69, 9.17) is 16.7 Å². The van der Waals surface area contributed by atoms with Crippen LogP contribution in [0.1, 0.15) is 13.8 Å². The van der Waals surface area contributed by atoms with Crippen LogP contribution < -0.4 is 5.32 Å². The van der Waals surface area contributed by atoms with Crippen molar-refractivity contribution < 1.29 is 9.90 Å².